The van der Waals surface area contributed by atoms with E-state index in [1.54, 1.807) is 18.2 Å². The molecule has 0 radical (unpaired) electrons. The molecule has 1 atom stereocenters. The maximum Gasteiger partial charge on any atom is 0.192 e. The first-order valence-corrected chi connectivity index (χ1v) is 7.04. The van der Waals surface area contributed by atoms with Crippen LogP contribution in [0.2, 0.25) is 0 Å². The molecule has 2 aromatic rings. The summed E-state index contributed by atoms with van der Waals surface area (Å²) in [6.07, 6.45) is 1.27. The van der Waals surface area contributed by atoms with E-state index in [9.17, 15) is 9.32 Å². The third-order valence-electron chi connectivity index (χ3n) is 2.54. The Kier molecular flexibility index (Phi) is 4.16. The second-order valence-corrected chi connectivity index (χ2v) is 5.28. The zero-order chi connectivity index (χ0) is 14.7. The van der Waals surface area contributed by atoms with E-state index in [1.807, 2.05) is 6.92 Å². The summed E-state index contributed by atoms with van der Waals surface area (Å²) >= 11 is 0. The minimum Gasteiger partial charge on any atom is -0.506 e. The summed E-state index contributed by atoms with van der Waals surface area (Å²) in [5.41, 5.74) is 10.7. The molecule has 1 aromatic heterocycles. The zero-order valence-corrected chi connectivity index (χ0v) is 11.6. The van der Waals surface area contributed by atoms with E-state index in [4.69, 9.17) is 11.5 Å². The van der Waals surface area contributed by atoms with Crippen molar-refractivity contribution in [3.63, 3.8) is 0 Å². The van der Waals surface area contributed by atoms with Crippen LogP contribution in [0.5, 0.6) is 5.75 Å². The first-order valence-electron chi connectivity index (χ1n) is 5.89. The van der Waals surface area contributed by atoms with Crippen molar-refractivity contribution in [3.8, 4) is 5.75 Å². The van der Waals surface area contributed by atoms with Gasteiger partial charge in [0.05, 0.1) is 11.1 Å². The van der Waals surface area contributed by atoms with Crippen LogP contribution in [0.15, 0.2) is 34.3 Å². The molecule has 1 aromatic carbocycles. The SMILES string of the molecule is CCNS(=O)c1ccc2c(O)cnc(N=C(N)N)c2c1. The van der Waals surface area contributed by atoms with Crippen LogP contribution in [0.25, 0.3) is 10.8 Å². The van der Waals surface area contributed by atoms with Crippen LogP contribution in [0.1, 0.15) is 6.92 Å². The Hall–Kier alpha value is -2.19. The number of aromatic nitrogens is 1. The van der Waals surface area contributed by atoms with Gasteiger partial charge in [-0.1, -0.05) is 6.92 Å². The van der Waals surface area contributed by atoms with E-state index in [-0.39, 0.29) is 17.5 Å². The molecule has 0 saturated carbocycles. The fourth-order valence-electron chi connectivity index (χ4n) is 1.73. The normalized spacial score (nSPS) is 12.2. The smallest absolute Gasteiger partial charge is 0.192 e. The number of nitrogens with two attached hydrogens (primary N) is 2. The van der Waals surface area contributed by atoms with Gasteiger partial charge in [-0.25, -0.2) is 13.9 Å². The van der Waals surface area contributed by atoms with E-state index in [0.29, 0.717) is 22.2 Å². The maximum atomic E-state index is 11.9. The molecule has 1 heterocycles. The first-order chi connectivity index (χ1) is 9.52. The fraction of sp³-hybridized carbons (Fsp3) is 0.167. The molecule has 6 N–H and O–H groups in total. The van der Waals surface area contributed by atoms with Crippen LogP contribution < -0.4 is 16.2 Å². The van der Waals surface area contributed by atoms with Gasteiger partial charge in [0.2, 0.25) is 0 Å². The van der Waals surface area contributed by atoms with E-state index in [2.05, 4.69) is 14.7 Å². The Bertz CT molecular complexity index is 698. The van der Waals surface area contributed by atoms with Crippen molar-refractivity contribution in [1.29, 1.82) is 0 Å². The molecule has 0 aliphatic carbocycles. The van der Waals surface area contributed by atoms with Crippen LogP contribution in [0.3, 0.4) is 0 Å². The number of pyridine rings is 1. The number of aliphatic imine (C=N–C) groups is 1. The summed E-state index contributed by atoms with van der Waals surface area (Å²) in [6, 6.07) is 4.96. The Balaban J connectivity index is 2.64. The van der Waals surface area contributed by atoms with Gasteiger partial charge in [-0.05, 0) is 18.2 Å². The van der Waals surface area contributed by atoms with Crippen LogP contribution in [-0.2, 0) is 11.0 Å². The maximum absolute atomic E-state index is 11.9. The molecule has 0 fully saturated rings. The number of nitrogens with one attached hydrogen (secondary N) is 1. The zero-order valence-electron chi connectivity index (χ0n) is 10.8. The van der Waals surface area contributed by atoms with E-state index < -0.39 is 11.0 Å². The number of aromatic hydroxyl groups is 1. The Labute approximate surface area is 118 Å². The van der Waals surface area contributed by atoms with Gasteiger partial charge in [0.1, 0.15) is 16.7 Å². The summed E-state index contributed by atoms with van der Waals surface area (Å²) in [4.78, 5) is 8.44. The largest absolute Gasteiger partial charge is 0.506 e. The number of guanidine groups is 1. The van der Waals surface area contributed by atoms with Crippen molar-refractivity contribution in [2.24, 2.45) is 16.5 Å². The monoisotopic (exact) mass is 293 g/mol. The number of fused-ring (bicyclic) bond motifs is 1. The van der Waals surface area contributed by atoms with Gasteiger partial charge in [0.25, 0.3) is 0 Å². The quantitative estimate of drug-likeness (QED) is 0.481. The summed E-state index contributed by atoms with van der Waals surface area (Å²) in [5.74, 6) is 0.145. The summed E-state index contributed by atoms with van der Waals surface area (Å²) in [6.45, 7) is 2.43. The average Bonchev–Trinajstić information content (AvgIpc) is 2.41. The highest BCUT2D eigenvalue weighted by molar-refractivity contribution is 7.83. The number of nitrogens with zero attached hydrogens (tertiary/aromatic N) is 2. The molecule has 0 bridgehead atoms. The lowest BCUT2D eigenvalue weighted by atomic mass is 10.1. The predicted molar refractivity (Wildman–Crippen MR) is 79.0 cm³/mol. The summed E-state index contributed by atoms with van der Waals surface area (Å²) in [5, 5.41) is 10.9. The Morgan fingerprint density at radius 3 is 2.85 bits per heavy atom. The van der Waals surface area contributed by atoms with Crippen LogP contribution >= 0.6 is 0 Å². The molecule has 20 heavy (non-hydrogen) atoms. The molecule has 0 aliphatic rings. The Morgan fingerprint density at radius 1 is 1.45 bits per heavy atom. The molecule has 0 amide bonds. The molecule has 0 aliphatic heterocycles. The lowest BCUT2D eigenvalue weighted by Crippen LogP contribution is -2.22. The van der Waals surface area contributed by atoms with E-state index >= 15 is 0 Å². The Morgan fingerprint density at radius 2 is 2.20 bits per heavy atom. The second kappa shape index (κ2) is 5.85. The molecule has 1 unspecified atom stereocenters. The topological polar surface area (TPSA) is 127 Å². The molecule has 7 nitrogen and oxygen atoms in total. The highest BCUT2D eigenvalue weighted by Gasteiger charge is 2.10. The molecule has 2 rings (SSSR count). The number of rotatable bonds is 4. The minimum atomic E-state index is -1.34. The van der Waals surface area contributed by atoms with E-state index in [0.717, 1.165) is 0 Å². The average molecular weight is 293 g/mol. The van der Waals surface area contributed by atoms with Gasteiger partial charge >= 0.3 is 0 Å². The number of benzene rings is 1. The van der Waals surface area contributed by atoms with Gasteiger partial charge in [0, 0.05) is 17.3 Å². The van der Waals surface area contributed by atoms with Gasteiger partial charge in [-0.3, -0.25) is 0 Å². The van der Waals surface area contributed by atoms with Crippen molar-refractivity contribution < 1.29 is 9.32 Å². The lowest BCUT2D eigenvalue weighted by Gasteiger charge is -2.07. The van der Waals surface area contributed by atoms with Gasteiger partial charge < -0.3 is 16.6 Å². The van der Waals surface area contributed by atoms with Gasteiger partial charge in [0.15, 0.2) is 11.8 Å². The minimum absolute atomic E-state index is 0.00956. The molecule has 0 spiro atoms. The molecule has 8 heteroatoms. The predicted octanol–water partition coefficient (Wildman–Crippen LogP) is 0.477. The summed E-state index contributed by atoms with van der Waals surface area (Å²) < 4.78 is 14.7. The van der Waals surface area contributed by atoms with Crippen molar-refractivity contribution in [2.75, 3.05) is 6.54 Å². The van der Waals surface area contributed by atoms with Gasteiger partial charge in [-0.2, -0.15) is 4.99 Å². The van der Waals surface area contributed by atoms with Crippen molar-refractivity contribution in [2.45, 2.75) is 11.8 Å². The molecule has 106 valence electrons. The molecular weight excluding hydrogens is 278 g/mol. The fourth-order valence-corrected chi connectivity index (χ4v) is 2.58. The lowest BCUT2D eigenvalue weighted by molar-refractivity contribution is 0.479. The van der Waals surface area contributed by atoms with Crippen LogP contribution in [0.4, 0.5) is 5.82 Å². The molecule has 0 saturated heterocycles. The van der Waals surface area contributed by atoms with E-state index in [1.165, 1.54) is 6.20 Å². The standard InChI is InChI=1S/C12H15N5O2S/c1-2-16-20(19)7-3-4-8-9(5-7)11(17-12(13)14)15-6-10(8)18/h3-6,16,18H,2H2,1H3,(H4,13,14,15,17). The third-order valence-corrected chi connectivity index (χ3v) is 3.77. The highest BCUT2D eigenvalue weighted by atomic mass is 32.2. The first kappa shape index (κ1) is 14.2. The second-order valence-electron chi connectivity index (χ2n) is 3.98. The van der Waals surface area contributed by atoms with Crippen molar-refractivity contribution >= 4 is 33.5 Å². The third kappa shape index (κ3) is 2.86. The van der Waals surface area contributed by atoms with Crippen LogP contribution in [-0.4, -0.2) is 26.8 Å². The number of hydrogen-bond acceptors (Lipinski definition) is 4. The number of hydrogen-bond donors (Lipinski definition) is 4. The van der Waals surface area contributed by atoms with Crippen molar-refractivity contribution in [1.82, 2.24) is 9.71 Å². The molecular formula is C12H15N5O2S. The van der Waals surface area contributed by atoms with Gasteiger partial charge in [-0.15, -0.1) is 0 Å². The van der Waals surface area contributed by atoms with Crippen molar-refractivity contribution in [3.05, 3.63) is 24.4 Å². The van der Waals surface area contributed by atoms with Crippen LogP contribution in [0, 0.1) is 0 Å². The highest BCUT2D eigenvalue weighted by Crippen LogP contribution is 2.31. The summed E-state index contributed by atoms with van der Waals surface area (Å²) in [7, 11) is -1.34.